The molecule has 1 aliphatic rings. The van der Waals surface area contributed by atoms with Crippen molar-refractivity contribution in [1.82, 2.24) is 0 Å². The molecule has 3 rings (SSSR count). The van der Waals surface area contributed by atoms with Gasteiger partial charge in [0.2, 0.25) is 15.9 Å². The number of rotatable bonds is 6. The van der Waals surface area contributed by atoms with Crippen LogP contribution >= 0.6 is 0 Å². The molecule has 0 spiro atoms. The second-order valence-electron chi connectivity index (χ2n) is 6.83. The lowest BCUT2D eigenvalue weighted by Crippen LogP contribution is -2.45. The van der Waals surface area contributed by atoms with Gasteiger partial charge in [-0.25, -0.2) is 8.42 Å². The maximum Gasteiger partial charge on any atom is 0.271 e. The molecule has 0 radical (unpaired) electrons. The summed E-state index contributed by atoms with van der Waals surface area (Å²) in [6, 6.07) is 10.9. The van der Waals surface area contributed by atoms with Crippen LogP contribution in [-0.4, -0.2) is 45.2 Å². The van der Waals surface area contributed by atoms with Gasteiger partial charge in [-0.15, -0.1) is 0 Å². The molecule has 2 aromatic rings. The molecule has 154 valence electrons. The first-order valence-corrected chi connectivity index (χ1v) is 10.7. The number of methoxy groups -OCH3 is 1. The van der Waals surface area contributed by atoms with Gasteiger partial charge in [0.15, 0.2) is 0 Å². The minimum Gasteiger partial charge on any atom is -0.495 e. The fourth-order valence-corrected chi connectivity index (χ4v) is 4.36. The Hall–Kier alpha value is -3.14. The SMILES string of the molecule is COc1ccc([N+](=O)[O-])cc1N(CC(=O)N1c2ccccc2CC1C)S(C)(=O)=O. The Morgan fingerprint density at radius 3 is 2.62 bits per heavy atom. The number of ether oxygens (including phenoxy) is 1. The summed E-state index contributed by atoms with van der Waals surface area (Å²) >= 11 is 0. The van der Waals surface area contributed by atoms with Crippen molar-refractivity contribution in [2.24, 2.45) is 0 Å². The molecule has 1 aliphatic heterocycles. The van der Waals surface area contributed by atoms with E-state index in [4.69, 9.17) is 4.74 Å². The van der Waals surface area contributed by atoms with Crippen molar-refractivity contribution in [2.45, 2.75) is 19.4 Å². The summed E-state index contributed by atoms with van der Waals surface area (Å²) in [6.07, 6.45) is 1.61. The molecule has 0 N–H and O–H groups in total. The number of sulfonamides is 1. The van der Waals surface area contributed by atoms with E-state index in [1.54, 1.807) is 4.90 Å². The van der Waals surface area contributed by atoms with Gasteiger partial charge in [-0.3, -0.25) is 19.2 Å². The number of carbonyl (C=O) groups excluding carboxylic acids is 1. The number of fused-ring (bicyclic) bond motifs is 1. The van der Waals surface area contributed by atoms with Crippen LogP contribution in [0.25, 0.3) is 0 Å². The lowest BCUT2D eigenvalue weighted by molar-refractivity contribution is -0.384. The molecule has 0 aromatic heterocycles. The monoisotopic (exact) mass is 419 g/mol. The maximum atomic E-state index is 13.1. The Morgan fingerprint density at radius 2 is 2.00 bits per heavy atom. The minimum atomic E-state index is -3.93. The third kappa shape index (κ3) is 4.02. The number of anilines is 2. The first kappa shape index (κ1) is 20.6. The zero-order valence-corrected chi connectivity index (χ0v) is 17.0. The molecule has 1 atom stereocenters. The van der Waals surface area contributed by atoms with Crippen LogP contribution < -0.4 is 13.9 Å². The average molecular weight is 419 g/mol. The first-order valence-electron chi connectivity index (χ1n) is 8.83. The van der Waals surface area contributed by atoms with Crippen molar-refractivity contribution in [3.05, 3.63) is 58.1 Å². The molecule has 29 heavy (non-hydrogen) atoms. The van der Waals surface area contributed by atoms with Crippen LogP contribution in [0.3, 0.4) is 0 Å². The quantitative estimate of drug-likeness (QED) is 0.525. The summed E-state index contributed by atoms with van der Waals surface area (Å²) in [6.45, 7) is 1.38. The van der Waals surface area contributed by atoms with Gasteiger partial charge in [0.1, 0.15) is 18.0 Å². The molecule has 2 aromatic carbocycles. The van der Waals surface area contributed by atoms with Crippen LogP contribution in [0.15, 0.2) is 42.5 Å². The maximum absolute atomic E-state index is 13.1. The summed E-state index contributed by atoms with van der Waals surface area (Å²) in [7, 11) is -2.60. The predicted molar refractivity (Wildman–Crippen MR) is 109 cm³/mol. The van der Waals surface area contributed by atoms with Crippen LogP contribution in [0.1, 0.15) is 12.5 Å². The van der Waals surface area contributed by atoms with Crippen LogP contribution in [0.5, 0.6) is 5.75 Å². The molecule has 9 nitrogen and oxygen atoms in total. The van der Waals surface area contributed by atoms with Crippen LogP contribution in [0, 0.1) is 10.1 Å². The second-order valence-corrected chi connectivity index (χ2v) is 8.74. The standard InChI is InChI=1S/C19H21N3O6S/c1-13-10-14-6-4-5-7-16(14)21(13)19(23)12-20(29(3,26)27)17-11-15(22(24)25)8-9-18(17)28-2/h4-9,11,13H,10,12H2,1-3H3. The third-order valence-electron chi connectivity index (χ3n) is 4.80. The van der Waals surface area contributed by atoms with E-state index < -0.39 is 27.4 Å². The molecule has 0 bridgehead atoms. The Bertz CT molecular complexity index is 1070. The van der Waals surface area contributed by atoms with Gasteiger partial charge in [-0.05, 0) is 31.0 Å². The number of nitrogens with zero attached hydrogens (tertiary/aromatic N) is 3. The zero-order valence-electron chi connectivity index (χ0n) is 16.2. The zero-order chi connectivity index (χ0) is 21.3. The van der Waals surface area contributed by atoms with Gasteiger partial charge in [-0.1, -0.05) is 18.2 Å². The fourth-order valence-electron chi connectivity index (χ4n) is 3.51. The van der Waals surface area contributed by atoms with Crippen LogP contribution in [0.4, 0.5) is 17.1 Å². The van der Waals surface area contributed by atoms with E-state index in [1.807, 2.05) is 31.2 Å². The lowest BCUT2D eigenvalue weighted by Gasteiger charge is -2.28. The van der Waals surface area contributed by atoms with E-state index >= 15 is 0 Å². The highest BCUT2D eigenvalue weighted by Crippen LogP contribution is 2.35. The first-order chi connectivity index (χ1) is 13.6. The normalized spacial score (nSPS) is 15.7. The van der Waals surface area contributed by atoms with E-state index in [0.29, 0.717) is 6.42 Å². The van der Waals surface area contributed by atoms with Crippen LogP contribution in [-0.2, 0) is 21.2 Å². The summed E-state index contributed by atoms with van der Waals surface area (Å²) in [5.74, 6) is -0.315. The van der Waals surface area contributed by atoms with Gasteiger partial charge >= 0.3 is 0 Å². The highest BCUT2D eigenvalue weighted by Gasteiger charge is 2.34. The largest absolute Gasteiger partial charge is 0.495 e. The van der Waals surface area contributed by atoms with E-state index in [2.05, 4.69) is 0 Å². The van der Waals surface area contributed by atoms with Gasteiger partial charge in [0.25, 0.3) is 5.69 Å². The Kier molecular flexibility index (Phi) is 5.47. The Labute approximate surface area is 168 Å². The molecular formula is C19H21N3O6S. The smallest absolute Gasteiger partial charge is 0.271 e. The molecule has 0 aliphatic carbocycles. The van der Waals surface area contributed by atoms with Crippen molar-refractivity contribution < 1.29 is 22.9 Å². The topological polar surface area (TPSA) is 110 Å². The molecule has 1 heterocycles. The Morgan fingerprint density at radius 1 is 1.31 bits per heavy atom. The summed E-state index contributed by atoms with van der Waals surface area (Å²) in [4.78, 5) is 25.2. The molecule has 0 saturated carbocycles. The van der Waals surface area contributed by atoms with Crippen molar-refractivity contribution in [3.63, 3.8) is 0 Å². The summed E-state index contributed by atoms with van der Waals surface area (Å²) < 4.78 is 31.0. The molecule has 1 unspecified atom stereocenters. The minimum absolute atomic E-state index is 0.0577. The number of carbonyl (C=O) groups is 1. The fraction of sp³-hybridized carbons (Fsp3) is 0.316. The van der Waals surface area contributed by atoms with Crippen molar-refractivity contribution in [3.8, 4) is 5.75 Å². The van der Waals surface area contributed by atoms with E-state index in [-0.39, 0.29) is 23.2 Å². The molecule has 0 saturated heterocycles. The molecule has 0 fully saturated rings. The number of nitro benzene ring substituents is 1. The van der Waals surface area contributed by atoms with Gasteiger partial charge in [0, 0.05) is 23.9 Å². The molecule has 1 amide bonds. The van der Waals surface area contributed by atoms with Crippen molar-refractivity contribution in [1.29, 1.82) is 0 Å². The van der Waals surface area contributed by atoms with E-state index in [1.165, 1.54) is 19.2 Å². The number of non-ortho nitro benzene ring substituents is 1. The number of benzene rings is 2. The summed E-state index contributed by atoms with van der Waals surface area (Å²) in [5, 5.41) is 11.2. The summed E-state index contributed by atoms with van der Waals surface area (Å²) in [5.41, 5.74) is 1.39. The van der Waals surface area contributed by atoms with Gasteiger partial charge in [-0.2, -0.15) is 0 Å². The number of hydrogen-bond acceptors (Lipinski definition) is 6. The van der Waals surface area contributed by atoms with Gasteiger partial charge in [0.05, 0.1) is 18.3 Å². The van der Waals surface area contributed by atoms with Gasteiger partial charge < -0.3 is 9.64 Å². The second kappa shape index (κ2) is 7.70. The molecular weight excluding hydrogens is 398 g/mol. The highest BCUT2D eigenvalue weighted by molar-refractivity contribution is 7.92. The third-order valence-corrected chi connectivity index (χ3v) is 5.92. The lowest BCUT2D eigenvalue weighted by atomic mass is 10.1. The molecule has 10 heteroatoms. The average Bonchev–Trinajstić information content (AvgIpc) is 3.00. The number of nitro groups is 1. The van der Waals surface area contributed by atoms with Crippen LogP contribution in [0.2, 0.25) is 0 Å². The number of para-hydroxylation sites is 1. The van der Waals surface area contributed by atoms with Crippen molar-refractivity contribution >= 4 is 33.0 Å². The number of hydrogen-bond donors (Lipinski definition) is 0. The van der Waals surface area contributed by atoms with Crippen molar-refractivity contribution in [2.75, 3.05) is 29.1 Å². The Balaban J connectivity index is 2.01. The van der Waals surface area contributed by atoms with E-state index in [9.17, 15) is 23.3 Å². The van der Waals surface area contributed by atoms with E-state index in [0.717, 1.165) is 27.9 Å². The number of amides is 1. The highest BCUT2D eigenvalue weighted by atomic mass is 32.2. The predicted octanol–water partition coefficient (Wildman–Crippen LogP) is 2.35.